The van der Waals surface area contributed by atoms with E-state index in [4.69, 9.17) is 0 Å². The number of carbonyl (C=O) groups is 1. The summed E-state index contributed by atoms with van der Waals surface area (Å²) in [6.45, 7) is 3.87. The Hall–Kier alpha value is -0.610. The number of rotatable bonds is 2. The van der Waals surface area contributed by atoms with Crippen molar-refractivity contribution < 1.29 is 4.79 Å². The topological polar surface area (TPSA) is 35.6 Å². The molecule has 2 heterocycles. The van der Waals surface area contributed by atoms with E-state index < -0.39 is 0 Å². The molecule has 2 aliphatic heterocycles. The van der Waals surface area contributed by atoms with E-state index in [1.165, 1.54) is 12.8 Å². The summed E-state index contributed by atoms with van der Waals surface area (Å²) in [6, 6.07) is 0.363. The smallest absolute Gasteiger partial charge is 0.227 e. The molecule has 0 bridgehead atoms. The molecule has 0 spiro atoms. The van der Waals surface area contributed by atoms with E-state index in [1.807, 2.05) is 0 Å². The van der Waals surface area contributed by atoms with Crippen LogP contribution in [0.25, 0.3) is 0 Å². The van der Waals surface area contributed by atoms with Gasteiger partial charge in [0.1, 0.15) is 0 Å². The summed E-state index contributed by atoms with van der Waals surface area (Å²) >= 11 is 0. The van der Waals surface area contributed by atoms with Gasteiger partial charge in [0, 0.05) is 25.7 Å². The lowest BCUT2D eigenvalue weighted by atomic mass is 9.90. The molecule has 0 radical (unpaired) electrons. The van der Waals surface area contributed by atoms with Crippen LogP contribution in [0.1, 0.15) is 19.3 Å². The Kier molecular flexibility index (Phi) is 3.82. The van der Waals surface area contributed by atoms with Crippen LogP contribution in [0.4, 0.5) is 0 Å². The number of amides is 1. The molecule has 2 rings (SSSR count). The van der Waals surface area contributed by atoms with Crippen LogP contribution in [-0.4, -0.2) is 62.0 Å². The summed E-state index contributed by atoms with van der Waals surface area (Å²) in [4.78, 5) is 16.6. The number of hydrogen-bond donors (Lipinski definition) is 1. The van der Waals surface area contributed by atoms with Crippen LogP contribution >= 0.6 is 0 Å². The third kappa shape index (κ3) is 2.38. The van der Waals surface area contributed by atoms with Crippen molar-refractivity contribution in [2.75, 3.05) is 40.3 Å². The minimum Gasteiger partial charge on any atom is -0.342 e. The first-order valence-corrected chi connectivity index (χ1v) is 6.36. The predicted molar refractivity (Wildman–Crippen MR) is 64.3 cm³/mol. The SMILES string of the molecule is CN(C)[C@@H]1CNCC[C@@H]1C(=O)N1CCCC1. The number of piperidine rings is 1. The number of nitrogens with zero attached hydrogens (tertiary/aromatic N) is 2. The van der Waals surface area contributed by atoms with Gasteiger partial charge in [-0.1, -0.05) is 0 Å². The third-order valence-electron chi connectivity index (χ3n) is 3.85. The number of carbonyl (C=O) groups excluding carboxylic acids is 1. The fraction of sp³-hybridized carbons (Fsp3) is 0.917. The Morgan fingerprint density at radius 3 is 2.62 bits per heavy atom. The highest BCUT2D eigenvalue weighted by molar-refractivity contribution is 5.80. The molecular weight excluding hydrogens is 202 g/mol. The van der Waals surface area contributed by atoms with E-state index in [0.717, 1.165) is 32.6 Å². The number of nitrogens with one attached hydrogen (secondary N) is 1. The number of likely N-dealkylation sites (N-methyl/N-ethyl adjacent to an activating group) is 1. The van der Waals surface area contributed by atoms with Crippen molar-refractivity contribution in [2.45, 2.75) is 25.3 Å². The molecule has 2 aliphatic rings. The zero-order chi connectivity index (χ0) is 11.5. The summed E-state index contributed by atoms with van der Waals surface area (Å²) in [5.41, 5.74) is 0. The first kappa shape index (κ1) is 11.9. The predicted octanol–water partition coefficient (Wildman–Crippen LogP) is 0.149. The van der Waals surface area contributed by atoms with E-state index in [1.54, 1.807) is 0 Å². The second kappa shape index (κ2) is 5.15. The standard InChI is InChI=1S/C12H23N3O/c1-14(2)11-9-13-6-5-10(11)12(16)15-7-3-4-8-15/h10-11,13H,3-9H2,1-2H3/t10-,11+/m0/s1. The molecule has 2 saturated heterocycles. The van der Waals surface area contributed by atoms with Gasteiger partial charge < -0.3 is 15.1 Å². The Morgan fingerprint density at radius 2 is 2.00 bits per heavy atom. The van der Waals surface area contributed by atoms with Gasteiger partial charge in [-0.3, -0.25) is 4.79 Å². The van der Waals surface area contributed by atoms with Gasteiger partial charge in [0.2, 0.25) is 5.91 Å². The number of hydrogen-bond acceptors (Lipinski definition) is 3. The van der Waals surface area contributed by atoms with Gasteiger partial charge in [-0.25, -0.2) is 0 Å². The molecule has 0 saturated carbocycles. The van der Waals surface area contributed by atoms with Crippen molar-refractivity contribution >= 4 is 5.91 Å². The number of likely N-dealkylation sites (tertiary alicyclic amines) is 1. The van der Waals surface area contributed by atoms with Gasteiger partial charge in [-0.15, -0.1) is 0 Å². The summed E-state index contributed by atoms with van der Waals surface area (Å²) in [6.07, 6.45) is 3.35. The van der Waals surface area contributed by atoms with Gasteiger partial charge >= 0.3 is 0 Å². The van der Waals surface area contributed by atoms with Crippen LogP contribution in [0.3, 0.4) is 0 Å². The molecule has 0 unspecified atom stereocenters. The molecule has 2 fully saturated rings. The van der Waals surface area contributed by atoms with Crippen LogP contribution in [0.5, 0.6) is 0 Å². The molecule has 1 N–H and O–H groups in total. The van der Waals surface area contributed by atoms with Crippen LogP contribution in [0.2, 0.25) is 0 Å². The lowest BCUT2D eigenvalue weighted by molar-refractivity contribution is -0.137. The molecular formula is C12H23N3O. The van der Waals surface area contributed by atoms with E-state index in [2.05, 4.69) is 29.2 Å². The largest absolute Gasteiger partial charge is 0.342 e. The summed E-state index contributed by atoms with van der Waals surface area (Å²) < 4.78 is 0. The van der Waals surface area contributed by atoms with Gasteiger partial charge in [0.15, 0.2) is 0 Å². The Labute approximate surface area is 98.0 Å². The minimum atomic E-state index is 0.203. The zero-order valence-electron chi connectivity index (χ0n) is 10.4. The van der Waals surface area contributed by atoms with Crippen LogP contribution < -0.4 is 5.32 Å². The first-order chi connectivity index (χ1) is 7.70. The molecule has 2 atom stereocenters. The Balaban J connectivity index is 2.01. The fourth-order valence-corrected chi connectivity index (χ4v) is 2.84. The van der Waals surface area contributed by atoms with Gasteiger partial charge in [0.05, 0.1) is 5.92 Å². The van der Waals surface area contributed by atoms with Crippen molar-refractivity contribution in [1.29, 1.82) is 0 Å². The monoisotopic (exact) mass is 225 g/mol. The van der Waals surface area contributed by atoms with Gasteiger partial charge in [-0.2, -0.15) is 0 Å². The molecule has 4 nitrogen and oxygen atoms in total. The van der Waals surface area contributed by atoms with E-state index in [9.17, 15) is 4.79 Å². The molecule has 0 aliphatic carbocycles. The summed E-state index contributed by atoms with van der Waals surface area (Å²) in [5, 5.41) is 3.38. The Bertz CT molecular complexity index is 249. The maximum absolute atomic E-state index is 12.4. The Morgan fingerprint density at radius 1 is 1.31 bits per heavy atom. The lowest BCUT2D eigenvalue weighted by Crippen LogP contribution is -2.53. The average Bonchev–Trinajstić information content (AvgIpc) is 2.81. The second-order valence-electron chi connectivity index (χ2n) is 5.16. The average molecular weight is 225 g/mol. The highest BCUT2D eigenvalue weighted by Gasteiger charge is 2.35. The lowest BCUT2D eigenvalue weighted by Gasteiger charge is -2.37. The van der Waals surface area contributed by atoms with Crippen molar-refractivity contribution in [2.24, 2.45) is 5.92 Å². The molecule has 0 aromatic heterocycles. The molecule has 0 aromatic rings. The van der Waals surface area contributed by atoms with E-state index in [-0.39, 0.29) is 5.92 Å². The normalized spacial score (nSPS) is 31.1. The quantitative estimate of drug-likeness (QED) is 0.726. The second-order valence-corrected chi connectivity index (χ2v) is 5.16. The minimum absolute atomic E-state index is 0.203. The van der Waals surface area contributed by atoms with Crippen LogP contribution in [-0.2, 0) is 4.79 Å². The molecule has 0 aromatic carbocycles. The van der Waals surface area contributed by atoms with Crippen molar-refractivity contribution in [3.8, 4) is 0 Å². The van der Waals surface area contributed by atoms with Crippen molar-refractivity contribution in [1.82, 2.24) is 15.1 Å². The van der Waals surface area contributed by atoms with Crippen LogP contribution in [0, 0.1) is 5.92 Å². The molecule has 4 heteroatoms. The summed E-state index contributed by atoms with van der Waals surface area (Å²) in [5.74, 6) is 0.590. The highest BCUT2D eigenvalue weighted by atomic mass is 16.2. The maximum atomic E-state index is 12.4. The third-order valence-corrected chi connectivity index (χ3v) is 3.85. The van der Waals surface area contributed by atoms with E-state index >= 15 is 0 Å². The first-order valence-electron chi connectivity index (χ1n) is 6.36. The molecule has 92 valence electrons. The fourth-order valence-electron chi connectivity index (χ4n) is 2.84. The zero-order valence-corrected chi connectivity index (χ0v) is 10.4. The van der Waals surface area contributed by atoms with Crippen molar-refractivity contribution in [3.63, 3.8) is 0 Å². The van der Waals surface area contributed by atoms with Gasteiger partial charge in [-0.05, 0) is 39.9 Å². The maximum Gasteiger partial charge on any atom is 0.227 e. The van der Waals surface area contributed by atoms with Crippen LogP contribution in [0.15, 0.2) is 0 Å². The molecule has 1 amide bonds. The van der Waals surface area contributed by atoms with Crippen molar-refractivity contribution in [3.05, 3.63) is 0 Å². The molecule has 16 heavy (non-hydrogen) atoms. The summed E-state index contributed by atoms with van der Waals surface area (Å²) in [7, 11) is 4.14. The highest BCUT2D eigenvalue weighted by Crippen LogP contribution is 2.21. The van der Waals surface area contributed by atoms with Gasteiger partial charge in [0.25, 0.3) is 0 Å². The van der Waals surface area contributed by atoms with E-state index in [0.29, 0.717) is 11.9 Å².